The van der Waals surface area contributed by atoms with E-state index in [0.29, 0.717) is 17.4 Å². The Morgan fingerprint density at radius 3 is 2.46 bits per heavy atom. The first-order valence-corrected chi connectivity index (χ1v) is 8.67. The number of hydrogen-bond donors (Lipinski definition) is 2. The molecule has 0 amide bonds. The number of phenols is 2. The second kappa shape index (κ2) is 8.57. The number of carbonyl (C=O) groups excluding carboxylic acids is 1. The Labute approximate surface area is 143 Å². The van der Waals surface area contributed by atoms with Gasteiger partial charge in [0.2, 0.25) is 0 Å². The van der Waals surface area contributed by atoms with Gasteiger partial charge in [-0.25, -0.2) is 4.79 Å². The van der Waals surface area contributed by atoms with Gasteiger partial charge in [-0.3, -0.25) is 0 Å². The van der Waals surface area contributed by atoms with Crippen molar-refractivity contribution in [1.29, 1.82) is 0 Å². The number of rotatable bonds is 8. The van der Waals surface area contributed by atoms with Crippen molar-refractivity contribution in [3.8, 4) is 11.5 Å². The number of esters is 1. The third kappa shape index (κ3) is 4.40. The van der Waals surface area contributed by atoms with E-state index in [4.69, 9.17) is 4.74 Å². The molecule has 0 aliphatic rings. The van der Waals surface area contributed by atoms with Crippen LogP contribution in [0.2, 0.25) is 0 Å². The monoisotopic (exact) mass is 330 g/mol. The van der Waals surface area contributed by atoms with Gasteiger partial charge in [-0.05, 0) is 25.5 Å². The van der Waals surface area contributed by atoms with Crippen LogP contribution in [0.5, 0.6) is 11.5 Å². The van der Waals surface area contributed by atoms with Crippen molar-refractivity contribution >= 4 is 16.7 Å². The summed E-state index contributed by atoms with van der Waals surface area (Å²) in [6.07, 6.45) is 6.65. The van der Waals surface area contributed by atoms with Crippen LogP contribution in [-0.2, 0) is 4.74 Å². The molecular formula is C20H26O4. The number of aryl methyl sites for hydroxylation is 1. The number of unbranched alkanes of at least 4 members (excludes halogenated alkanes) is 5. The molecule has 130 valence electrons. The number of carbonyl (C=O) groups is 1. The highest BCUT2D eigenvalue weighted by Crippen LogP contribution is 2.36. The van der Waals surface area contributed by atoms with Gasteiger partial charge in [0.15, 0.2) is 0 Å². The lowest BCUT2D eigenvalue weighted by atomic mass is 10.0. The summed E-state index contributed by atoms with van der Waals surface area (Å²) < 4.78 is 5.23. The zero-order chi connectivity index (χ0) is 17.5. The molecule has 0 bridgehead atoms. The Hall–Kier alpha value is -2.23. The van der Waals surface area contributed by atoms with Gasteiger partial charge in [0.25, 0.3) is 0 Å². The Bertz CT molecular complexity index is 706. The van der Waals surface area contributed by atoms with Gasteiger partial charge in [0.05, 0.1) is 6.61 Å². The number of phenolic OH excluding ortho intramolecular Hbond substituents is 2. The summed E-state index contributed by atoms with van der Waals surface area (Å²) >= 11 is 0. The fraction of sp³-hybridized carbons (Fsp3) is 0.450. The zero-order valence-electron chi connectivity index (χ0n) is 14.5. The van der Waals surface area contributed by atoms with Gasteiger partial charge < -0.3 is 14.9 Å². The molecule has 24 heavy (non-hydrogen) atoms. The van der Waals surface area contributed by atoms with Crippen molar-refractivity contribution in [2.24, 2.45) is 0 Å². The molecule has 2 N–H and O–H groups in total. The van der Waals surface area contributed by atoms with Gasteiger partial charge in [-0.1, -0.05) is 56.7 Å². The molecule has 4 nitrogen and oxygen atoms in total. The van der Waals surface area contributed by atoms with Gasteiger partial charge in [-0.2, -0.15) is 0 Å². The first kappa shape index (κ1) is 18.1. The molecule has 0 fully saturated rings. The van der Waals surface area contributed by atoms with Crippen LogP contribution in [-0.4, -0.2) is 22.8 Å². The van der Waals surface area contributed by atoms with Crippen LogP contribution in [0, 0.1) is 6.92 Å². The van der Waals surface area contributed by atoms with Crippen molar-refractivity contribution in [3.05, 3.63) is 35.4 Å². The van der Waals surface area contributed by atoms with Crippen LogP contribution in [0.1, 0.15) is 61.4 Å². The van der Waals surface area contributed by atoms with E-state index in [1.807, 2.05) is 13.0 Å². The highest BCUT2D eigenvalue weighted by Gasteiger charge is 2.18. The van der Waals surface area contributed by atoms with Gasteiger partial charge in [-0.15, -0.1) is 0 Å². The number of hydrogen-bond acceptors (Lipinski definition) is 4. The molecule has 2 aromatic rings. The van der Waals surface area contributed by atoms with Crippen molar-refractivity contribution in [2.45, 2.75) is 52.4 Å². The number of benzene rings is 2. The standard InChI is InChI=1S/C20H26O4/c1-3-4-5-6-7-8-11-24-20(23)17-13-18(21)16-12-14(2)9-10-15(16)19(17)22/h9-10,12-13,21-22H,3-8,11H2,1-2H3. The fourth-order valence-electron chi connectivity index (χ4n) is 2.79. The van der Waals surface area contributed by atoms with Crippen molar-refractivity contribution in [2.75, 3.05) is 6.61 Å². The third-order valence-corrected chi connectivity index (χ3v) is 4.19. The van der Waals surface area contributed by atoms with Gasteiger partial charge in [0.1, 0.15) is 17.1 Å². The molecule has 4 heteroatoms. The topological polar surface area (TPSA) is 66.8 Å². The van der Waals surface area contributed by atoms with Gasteiger partial charge in [0, 0.05) is 10.8 Å². The van der Waals surface area contributed by atoms with Crippen molar-refractivity contribution in [1.82, 2.24) is 0 Å². The lowest BCUT2D eigenvalue weighted by Crippen LogP contribution is -2.07. The van der Waals surface area contributed by atoms with Crippen LogP contribution in [0.3, 0.4) is 0 Å². The minimum atomic E-state index is -0.598. The average molecular weight is 330 g/mol. The van der Waals surface area contributed by atoms with E-state index < -0.39 is 5.97 Å². The molecular weight excluding hydrogens is 304 g/mol. The maximum absolute atomic E-state index is 12.2. The summed E-state index contributed by atoms with van der Waals surface area (Å²) in [5.74, 6) is -0.771. The zero-order valence-corrected chi connectivity index (χ0v) is 14.5. The largest absolute Gasteiger partial charge is 0.507 e. The summed E-state index contributed by atoms with van der Waals surface area (Å²) in [6.45, 7) is 4.41. The molecule has 0 unspecified atom stereocenters. The normalized spacial score (nSPS) is 10.9. The first-order valence-electron chi connectivity index (χ1n) is 8.67. The van der Waals surface area contributed by atoms with Crippen LogP contribution >= 0.6 is 0 Å². The first-order chi connectivity index (χ1) is 11.5. The summed E-state index contributed by atoms with van der Waals surface area (Å²) in [7, 11) is 0. The molecule has 0 heterocycles. The number of fused-ring (bicyclic) bond motifs is 1. The van der Waals surface area contributed by atoms with Gasteiger partial charge >= 0.3 is 5.97 Å². The molecule has 0 atom stereocenters. The minimum absolute atomic E-state index is 0.00911. The molecule has 0 aromatic heterocycles. The van der Waals surface area contributed by atoms with Crippen LogP contribution in [0.4, 0.5) is 0 Å². The predicted molar refractivity (Wildman–Crippen MR) is 95.7 cm³/mol. The Morgan fingerprint density at radius 2 is 1.71 bits per heavy atom. The second-order valence-electron chi connectivity index (χ2n) is 6.24. The highest BCUT2D eigenvalue weighted by molar-refractivity contribution is 6.03. The fourth-order valence-corrected chi connectivity index (χ4v) is 2.79. The summed E-state index contributed by atoms with van der Waals surface area (Å²) in [6, 6.07) is 6.58. The maximum Gasteiger partial charge on any atom is 0.342 e. The quantitative estimate of drug-likeness (QED) is 0.402. The van der Waals surface area contributed by atoms with Crippen molar-refractivity contribution in [3.63, 3.8) is 0 Å². The maximum atomic E-state index is 12.2. The lowest BCUT2D eigenvalue weighted by Gasteiger charge is -2.10. The van der Waals surface area contributed by atoms with Crippen LogP contribution < -0.4 is 0 Å². The number of ether oxygens (including phenoxy) is 1. The van der Waals surface area contributed by atoms with E-state index in [1.54, 1.807) is 12.1 Å². The van der Waals surface area contributed by atoms with E-state index in [-0.39, 0.29) is 17.1 Å². The molecule has 0 saturated heterocycles. The summed E-state index contributed by atoms with van der Waals surface area (Å²) in [5, 5.41) is 21.4. The minimum Gasteiger partial charge on any atom is -0.507 e. The molecule has 0 saturated carbocycles. The molecule has 2 rings (SSSR count). The Kier molecular flexibility index (Phi) is 6.47. The van der Waals surface area contributed by atoms with Crippen LogP contribution in [0.15, 0.2) is 24.3 Å². The molecule has 0 radical (unpaired) electrons. The van der Waals surface area contributed by atoms with E-state index in [2.05, 4.69) is 6.92 Å². The SMILES string of the molecule is CCCCCCCCOC(=O)c1cc(O)c2cc(C)ccc2c1O. The molecule has 2 aromatic carbocycles. The summed E-state index contributed by atoms with van der Waals surface area (Å²) in [5.41, 5.74) is 0.977. The molecule has 0 spiro atoms. The van der Waals surface area contributed by atoms with Crippen molar-refractivity contribution < 1.29 is 19.7 Å². The van der Waals surface area contributed by atoms with E-state index in [0.717, 1.165) is 24.8 Å². The van der Waals surface area contributed by atoms with E-state index in [9.17, 15) is 15.0 Å². The smallest absolute Gasteiger partial charge is 0.342 e. The third-order valence-electron chi connectivity index (χ3n) is 4.19. The Morgan fingerprint density at radius 1 is 1.00 bits per heavy atom. The molecule has 0 aliphatic heterocycles. The van der Waals surface area contributed by atoms with Crippen LogP contribution in [0.25, 0.3) is 10.8 Å². The number of aromatic hydroxyl groups is 2. The second-order valence-corrected chi connectivity index (χ2v) is 6.24. The highest BCUT2D eigenvalue weighted by atomic mass is 16.5. The lowest BCUT2D eigenvalue weighted by molar-refractivity contribution is 0.0494. The molecule has 0 aliphatic carbocycles. The Balaban J connectivity index is 2.00. The predicted octanol–water partition coefficient (Wildman–Crippen LogP) is 5.08. The summed E-state index contributed by atoms with van der Waals surface area (Å²) in [4.78, 5) is 12.2. The van der Waals surface area contributed by atoms with E-state index >= 15 is 0 Å². The van der Waals surface area contributed by atoms with E-state index in [1.165, 1.54) is 25.3 Å². The average Bonchev–Trinajstić information content (AvgIpc) is 2.57.